The van der Waals surface area contributed by atoms with Crippen molar-refractivity contribution in [2.45, 2.75) is 52.1 Å². The first-order chi connectivity index (χ1) is 8.35. The van der Waals surface area contributed by atoms with E-state index in [1.807, 2.05) is 13.8 Å². The molecule has 1 aliphatic heterocycles. The molecule has 0 aromatic heterocycles. The number of carboxylic acids is 1. The van der Waals surface area contributed by atoms with E-state index >= 15 is 0 Å². The van der Waals surface area contributed by atoms with Crippen LogP contribution < -0.4 is 0 Å². The van der Waals surface area contributed by atoms with Gasteiger partial charge in [0.15, 0.2) is 0 Å². The van der Waals surface area contributed by atoms with Gasteiger partial charge in [0, 0.05) is 20.2 Å². The molecule has 1 N–H and O–H groups in total. The van der Waals surface area contributed by atoms with Crippen LogP contribution in [0.25, 0.3) is 0 Å². The van der Waals surface area contributed by atoms with Gasteiger partial charge in [-0.05, 0) is 39.7 Å². The lowest BCUT2D eigenvalue weighted by molar-refractivity contribution is -0.151. The van der Waals surface area contributed by atoms with Gasteiger partial charge in [0.2, 0.25) is 0 Å². The molecule has 1 heterocycles. The van der Waals surface area contributed by atoms with Crippen molar-refractivity contribution < 1.29 is 14.6 Å². The molecule has 0 aliphatic carbocycles. The first-order valence-electron chi connectivity index (χ1n) is 6.86. The predicted octanol–water partition coefficient (Wildman–Crippen LogP) is 2.38. The molecule has 0 aromatic rings. The molecule has 0 aromatic carbocycles. The third-order valence-electron chi connectivity index (χ3n) is 4.12. The van der Waals surface area contributed by atoms with E-state index in [0.717, 1.165) is 38.8 Å². The zero-order chi connectivity index (χ0) is 13.8. The third kappa shape index (κ3) is 3.69. The van der Waals surface area contributed by atoms with Gasteiger partial charge >= 0.3 is 5.97 Å². The zero-order valence-corrected chi connectivity index (χ0v) is 12.2. The number of methoxy groups -OCH3 is 1. The molecule has 1 saturated heterocycles. The van der Waals surface area contributed by atoms with E-state index in [2.05, 4.69) is 11.8 Å². The first-order valence-corrected chi connectivity index (χ1v) is 6.86. The number of carbonyl (C=O) groups is 1. The van der Waals surface area contributed by atoms with Crippen LogP contribution in [0.1, 0.15) is 46.5 Å². The van der Waals surface area contributed by atoms with Gasteiger partial charge in [0.25, 0.3) is 0 Å². The quantitative estimate of drug-likeness (QED) is 0.793. The Bertz CT molecular complexity index is 295. The standard InChI is InChI=1S/C14H27NO3/c1-5-7-13(2,12(16)17)10-15-9-6-8-14(3,11-15)18-4/h5-11H2,1-4H3,(H,16,17). The molecule has 0 saturated carbocycles. The van der Waals surface area contributed by atoms with Crippen molar-refractivity contribution >= 4 is 5.97 Å². The van der Waals surface area contributed by atoms with Crippen molar-refractivity contribution in [3.05, 3.63) is 0 Å². The van der Waals surface area contributed by atoms with Crippen molar-refractivity contribution in [2.75, 3.05) is 26.7 Å². The summed E-state index contributed by atoms with van der Waals surface area (Å²) in [4.78, 5) is 13.7. The minimum Gasteiger partial charge on any atom is -0.481 e. The lowest BCUT2D eigenvalue weighted by atomic mass is 9.83. The number of piperidine rings is 1. The number of rotatable bonds is 6. The summed E-state index contributed by atoms with van der Waals surface area (Å²) in [5, 5.41) is 9.42. The topological polar surface area (TPSA) is 49.8 Å². The fourth-order valence-electron chi connectivity index (χ4n) is 2.91. The van der Waals surface area contributed by atoms with Gasteiger partial charge < -0.3 is 9.84 Å². The smallest absolute Gasteiger partial charge is 0.310 e. The average Bonchev–Trinajstić information content (AvgIpc) is 2.29. The van der Waals surface area contributed by atoms with E-state index in [9.17, 15) is 9.90 Å². The Kier molecular flexibility index (Phi) is 5.17. The summed E-state index contributed by atoms with van der Waals surface area (Å²) in [6.45, 7) is 8.43. The van der Waals surface area contributed by atoms with Crippen LogP contribution in [-0.4, -0.2) is 48.3 Å². The second-order valence-corrected chi connectivity index (χ2v) is 6.08. The number of ether oxygens (including phenoxy) is 1. The van der Waals surface area contributed by atoms with Crippen LogP contribution in [0, 0.1) is 5.41 Å². The highest BCUT2D eigenvalue weighted by Crippen LogP contribution is 2.30. The molecule has 2 atom stereocenters. The van der Waals surface area contributed by atoms with Gasteiger partial charge in [-0.1, -0.05) is 13.3 Å². The lowest BCUT2D eigenvalue weighted by Gasteiger charge is -2.42. The number of aliphatic carboxylic acids is 1. The highest BCUT2D eigenvalue weighted by atomic mass is 16.5. The molecular formula is C14H27NO3. The minimum absolute atomic E-state index is 0.121. The Labute approximate surface area is 110 Å². The second kappa shape index (κ2) is 6.02. The van der Waals surface area contributed by atoms with Crippen LogP contribution in [-0.2, 0) is 9.53 Å². The number of hydrogen-bond donors (Lipinski definition) is 1. The largest absolute Gasteiger partial charge is 0.481 e. The Morgan fingerprint density at radius 1 is 1.56 bits per heavy atom. The Hall–Kier alpha value is -0.610. The first kappa shape index (κ1) is 15.4. The van der Waals surface area contributed by atoms with Crippen molar-refractivity contribution in [1.82, 2.24) is 4.90 Å². The number of hydrogen-bond acceptors (Lipinski definition) is 3. The Morgan fingerprint density at radius 3 is 2.72 bits per heavy atom. The third-order valence-corrected chi connectivity index (χ3v) is 4.12. The molecule has 0 radical (unpaired) electrons. The van der Waals surface area contributed by atoms with Crippen molar-refractivity contribution in [3.8, 4) is 0 Å². The molecule has 4 heteroatoms. The predicted molar refractivity (Wildman–Crippen MR) is 71.7 cm³/mol. The average molecular weight is 257 g/mol. The van der Waals surface area contributed by atoms with Gasteiger partial charge in [-0.15, -0.1) is 0 Å². The van der Waals surface area contributed by atoms with E-state index in [0.29, 0.717) is 6.54 Å². The second-order valence-electron chi connectivity index (χ2n) is 6.08. The highest BCUT2D eigenvalue weighted by molar-refractivity contribution is 5.74. The summed E-state index contributed by atoms with van der Waals surface area (Å²) in [6, 6.07) is 0. The molecule has 0 amide bonds. The summed E-state index contributed by atoms with van der Waals surface area (Å²) in [5.74, 6) is -0.686. The summed E-state index contributed by atoms with van der Waals surface area (Å²) >= 11 is 0. The monoisotopic (exact) mass is 257 g/mol. The lowest BCUT2D eigenvalue weighted by Crippen LogP contribution is -2.51. The summed E-state index contributed by atoms with van der Waals surface area (Å²) in [7, 11) is 1.74. The summed E-state index contributed by atoms with van der Waals surface area (Å²) in [6.07, 6.45) is 3.75. The van der Waals surface area contributed by atoms with Crippen LogP contribution >= 0.6 is 0 Å². The fourth-order valence-corrected chi connectivity index (χ4v) is 2.91. The van der Waals surface area contributed by atoms with E-state index in [4.69, 9.17) is 4.74 Å². The summed E-state index contributed by atoms with van der Waals surface area (Å²) < 4.78 is 5.55. The van der Waals surface area contributed by atoms with E-state index < -0.39 is 11.4 Å². The molecule has 106 valence electrons. The molecule has 4 nitrogen and oxygen atoms in total. The Morgan fingerprint density at radius 2 is 2.22 bits per heavy atom. The van der Waals surface area contributed by atoms with Gasteiger partial charge in [-0.2, -0.15) is 0 Å². The van der Waals surface area contributed by atoms with Gasteiger partial charge in [-0.25, -0.2) is 0 Å². The number of nitrogens with zero attached hydrogens (tertiary/aromatic N) is 1. The molecule has 1 rings (SSSR count). The van der Waals surface area contributed by atoms with Crippen molar-refractivity contribution in [3.63, 3.8) is 0 Å². The number of carboxylic acid groups (broad SMARTS) is 1. The molecule has 2 unspecified atom stereocenters. The van der Waals surface area contributed by atoms with Crippen LogP contribution in [0.4, 0.5) is 0 Å². The maximum Gasteiger partial charge on any atom is 0.310 e. The van der Waals surface area contributed by atoms with Gasteiger partial charge in [-0.3, -0.25) is 9.69 Å². The van der Waals surface area contributed by atoms with Crippen molar-refractivity contribution in [2.24, 2.45) is 5.41 Å². The van der Waals surface area contributed by atoms with Gasteiger partial charge in [0.1, 0.15) is 0 Å². The maximum absolute atomic E-state index is 11.5. The Balaban J connectivity index is 2.67. The van der Waals surface area contributed by atoms with Gasteiger partial charge in [0.05, 0.1) is 11.0 Å². The normalized spacial score (nSPS) is 28.9. The molecule has 0 bridgehead atoms. The molecule has 18 heavy (non-hydrogen) atoms. The van der Waals surface area contributed by atoms with Crippen molar-refractivity contribution in [1.29, 1.82) is 0 Å². The molecule has 0 spiro atoms. The molecule has 1 fully saturated rings. The van der Waals surface area contributed by atoms with Crippen LogP contribution in [0.5, 0.6) is 0 Å². The highest BCUT2D eigenvalue weighted by Gasteiger charge is 2.38. The van der Waals surface area contributed by atoms with E-state index in [1.165, 1.54) is 0 Å². The van der Waals surface area contributed by atoms with E-state index in [1.54, 1.807) is 7.11 Å². The van der Waals surface area contributed by atoms with Crippen LogP contribution in [0.2, 0.25) is 0 Å². The number of likely N-dealkylation sites (tertiary alicyclic amines) is 1. The molecule has 1 aliphatic rings. The zero-order valence-electron chi connectivity index (χ0n) is 12.2. The maximum atomic E-state index is 11.5. The minimum atomic E-state index is -0.686. The SMILES string of the molecule is CCCC(C)(CN1CCCC(C)(OC)C1)C(=O)O. The summed E-state index contributed by atoms with van der Waals surface area (Å²) in [5.41, 5.74) is -0.759. The molecular weight excluding hydrogens is 230 g/mol. The van der Waals surface area contributed by atoms with E-state index in [-0.39, 0.29) is 5.60 Å². The fraction of sp³-hybridized carbons (Fsp3) is 0.929. The van der Waals surface area contributed by atoms with Crippen LogP contribution in [0.3, 0.4) is 0 Å². The van der Waals surface area contributed by atoms with Crippen LogP contribution in [0.15, 0.2) is 0 Å².